The minimum Gasteiger partial charge on any atom is -0.432 e. The summed E-state index contributed by atoms with van der Waals surface area (Å²) in [5.74, 6) is -0.0885. The monoisotopic (exact) mass is 340 g/mol. The van der Waals surface area contributed by atoms with E-state index in [0.29, 0.717) is 11.1 Å². The van der Waals surface area contributed by atoms with Gasteiger partial charge in [-0.2, -0.15) is 0 Å². The average molecular weight is 340 g/mol. The molecular formula is C19H18NO5. The van der Waals surface area contributed by atoms with E-state index in [4.69, 9.17) is 9.47 Å². The topological polar surface area (TPSA) is 81.7 Å². The highest BCUT2D eigenvalue weighted by Crippen LogP contribution is 2.16. The first-order valence-corrected chi connectivity index (χ1v) is 7.72. The van der Waals surface area contributed by atoms with E-state index in [1.54, 1.807) is 43.3 Å². The van der Waals surface area contributed by atoms with Gasteiger partial charge in [-0.1, -0.05) is 37.3 Å². The van der Waals surface area contributed by atoms with Gasteiger partial charge in [0.15, 0.2) is 5.78 Å². The first-order chi connectivity index (χ1) is 12.1. The van der Waals surface area contributed by atoms with Crippen molar-refractivity contribution >= 4 is 17.8 Å². The number of ketones is 1. The van der Waals surface area contributed by atoms with Gasteiger partial charge in [0.1, 0.15) is 12.4 Å². The van der Waals surface area contributed by atoms with Crippen molar-refractivity contribution in [3.63, 3.8) is 0 Å². The summed E-state index contributed by atoms with van der Waals surface area (Å²) in [6, 6.07) is 15.1. The van der Waals surface area contributed by atoms with Crippen LogP contribution in [-0.2, 0) is 9.53 Å². The molecule has 0 saturated carbocycles. The van der Waals surface area contributed by atoms with Crippen LogP contribution in [0.15, 0.2) is 54.6 Å². The van der Waals surface area contributed by atoms with E-state index in [9.17, 15) is 14.4 Å². The predicted molar refractivity (Wildman–Crippen MR) is 91.3 cm³/mol. The lowest BCUT2D eigenvalue weighted by molar-refractivity contribution is -0.117. The molecule has 25 heavy (non-hydrogen) atoms. The molecule has 0 fully saturated rings. The minimum absolute atomic E-state index is 0.00297. The maximum Gasteiger partial charge on any atom is 0.513 e. The number of amides is 1. The van der Waals surface area contributed by atoms with Crippen LogP contribution in [0, 0.1) is 6.42 Å². The molecule has 129 valence electrons. The van der Waals surface area contributed by atoms with E-state index in [-0.39, 0.29) is 30.6 Å². The van der Waals surface area contributed by atoms with Gasteiger partial charge >= 0.3 is 6.16 Å². The van der Waals surface area contributed by atoms with Crippen LogP contribution in [-0.4, -0.2) is 31.0 Å². The molecular weight excluding hydrogens is 322 g/mol. The Labute approximate surface area is 145 Å². The number of ether oxygens (including phenoxy) is 2. The number of hydrogen-bond acceptors (Lipinski definition) is 5. The number of carbonyl (C=O) groups is 3. The maximum absolute atomic E-state index is 12.3. The van der Waals surface area contributed by atoms with Gasteiger partial charge < -0.3 is 14.8 Å². The molecule has 2 aromatic carbocycles. The summed E-state index contributed by atoms with van der Waals surface area (Å²) < 4.78 is 9.83. The molecule has 0 unspecified atom stereocenters. The van der Waals surface area contributed by atoms with Gasteiger partial charge in [0.05, 0.1) is 6.54 Å². The van der Waals surface area contributed by atoms with Gasteiger partial charge in [0.2, 0.25) is 5.91 Å². The van der Waals surface area contributed by atoms with E-state index in [2.05, 4.69) is 5.32 Å². The highest BCUT2D eigenvalue weighted by atomic mass is 16.7. The van der Waals surface area contributed by atoms with Crippen LogP contribution in [0.25, 0.3) is 0 Å². The average Bonchev–Trinajstić information content (AvgIpc) is 2.65. The first kappa shape index (κ1) is 18.2. The molecule has 6 nitrogen and oxygen atoms in total. The van der Waals surface area contributed by atoms with Gasteiger partial charge in [-0.25, -0.2) is 4.79 Å². The van der Waals surface area contributed by atoms with Crippen LogP contribution in [0.4, 0.5) is 4.79 Å². The summed E-state index contributed by atoms with van der Waals surface area (Å²) in [5.41, 5.74) is 1.08. The van der Waals surface area contributed by atoms with Crippen molar-refractivity contribution in [2.24, 2.45) is 0 Å². The molecule has 0 aliphatic rings. The number of nitrogens with one attached hydrogen (secondary N) is 1. The van der Waals surface area contributed by atoms with Crippen LogP contribution in [0.5, 0.6) is 5.75 Å². The zero-order valence-corrected chi connectivity index (χ0v) is 13.7. The number of carbonyl (C=O) groups excluding carboxylic acids is 3. The normalized spacial score (nSPS) is 9.96. The summed E-state index contributed by atoms with van der Waals surface area (Å²) >= 11 is 0. The lowest BCUT2D eigenvalue weighted by atomic mass is 10.0. The molecule has 0 heterocycles. The second-order valence-electron chi connectivity index (χ2n) is 5.00. The van der Waals surface area contributed by atoms with Gasteiger partial charge in [0.25, 0.3) is 0 Å². The Morgan fingerprint density at radius 3 is 2.24 bits per heavy atom. The Balaban J connectivity index is 1.83. The third-order valence-electron chi connectivity index (χ3n) is 3.24. The molecule has 0 aromatic heterocycles. The van der Waals surface area contributed by atoms with Crippen LogP contribution >= 0.6 is 0 Å². The Morgan fingerprint density at radius 2 is 1.60 bits per heavy atom. The molecule has 1 N–H and O–H groups in total. The smallest absolute Gasteiger partial charge is 0.432 e. The van der Waals surface area contributed by atoms with Crippen LogP contribution in [0.3, 0.4) is 0 Å². The van der Waals surface area contributed by atoms with E-state index >= 15 is 0 Å². The van der Waals surface area contributed by atoms with Gasteiger partial charge in [-0.05, 0) is 24.3 Å². The highest BCUT2D eigenvalue weighted by Gasteiger charge is 2.10. The fourth-order valence-electron chi connectivity index (χ4n) is 1.97. The Kier molecular flexibility index (Phi) is 6.71. The fourth-order valence-corrected chi connectivity index (χ4v) is 1.97. The van der Waals surface area contributed by atoms with Crippen molar-refractivity contribution in [2.45, 2.75) is 6.92 Å². The van der Waals surface area contributed by atoms with Crippen molar-refractivity contribution in [1.29, 1.82) is 0 Å². The molecule has 0 atom stereocenters. The standard InChI is InChI=1S/C19H18NO5/c1-2-17(21)20-12-13-24-19(23)25-16-10-8-15(9-11-16)18(22)14-6-4-3-5-7-14/h2-11H,12-13H2,1H3,(H,20,21). The molecule has 0 aliphatic carbocycles. The number of benzene rings is 2. The molecule has 0 bridgehead atoms. The fraction of sp³-hybridized carbons (Fsp3) is 0.158. The Bertz CT molecular complexity index is 725. The lowest BCUT2D eigenvalue weighted by Gasteiger charge is -2.07. The molecule has 1 amide bonds. The SMILES string of the molecule is C[CH]C(=O)NCCOC(=O)Oc1ccc(C(=O)c2ccccc2)cc1. The van der Waals surface area contributed by atoms with Crippen LogP contribution < -0.4 is 10.1 Å². The van der Waals surface area contributed by atoms with E-state index in [1.165, 1.54) is 18.6 Å². The highest BCUT2D eigenvalue weighted by molar-refractivity contribution is 6.09. The summed E-state index contributed by atoms with van der Waals surface area (Å²) in [6.45, 7) is 1.81. The van der Waals surface area contributed by atoms with Crippen molar-refractivity contribution in [3.8, 4) is 5.75 Å². The second-order valence-corrected chi connectivity index (χ2v) is 5.00. The molecule has 0 spiro atoms. The first-order valence-electron chi connectivity index (χ1n) is 7.72. The molecule has 6 heteroatoms. The molecule has 2 aromatic rings. The third kappa shape index (κ3) is 5.76. The third-order valence-corrected chi connectivity index (χ3v) is 3.24. The van der Waals surface area contributed by atoms with Crippen LogP contribution in [0.1, 0.15) is 22.8 Å². The Hall–Kier alpha value is -3.15. The predicted octanol–water partition coefficient (Wildman–Crippen LogP) is 2.77. The molecule has 2 rings (SSSR count). The van der Waals surface area contributed by atoms with Crippen molar-refractivity contribution in [3.05, 3.63) is 72.1 Å². The quantitative estimate of drug-likeness (QED) is 0.363. The van der Waals surface area contributed by atoms with Crippen LogP contribution in [0.2, 0.25) is 0 Å². The summed E-state index contributed by atoms with van der Waals surface area (Å²) in [6.07, 6.45) is 0.494. The summed E-state index contributed by atoms with van der Waals surface area (Å²) in [7, 11) is 0. The van der Waals surface area contributed by atoms with Crippen molar-refractivity contribution in [1.82, 2.24) is 5.32 Å². The zero-order chi connectivity index (χ0) is 18.1. The maximum atomic E-state index is 12.3. The zero-order valence-electron chi connectivity index (χ0n) is 13.7. The lowest BCUT2D eigenvalue weighted by Crippen LogP contribution is -2.28. The van der Waals surface area contributed by atoms with Gasteiger partial charge in [0, 0.05) is 17.5 Å². The van der Waals surface area contributed by atoms with E-state index < -0.39 is 6.16 Å². The van der Waals surface area contributed by atoms with Gasteiger partial charge in [-0.15, -0.1) is 0 Å². The second kappa shape index (κ2) is 9.22. The summed E-state index contributed by atoms with van der Waals surface area (Å²) in [5, 5.41) is 2.52. The van der Waals surface area contributed by atoms with Crippen molar-refractivity contribution < 1.29 is 23.9 Å². The largest absolute Gasteiger partial charge is 0.513 e. The molecule has 0 aliphatic heterocycles. The van der Waals surface area contributed by atoms with E-state index in [1.807, 2.05) is 6.07 Å². The van der Waals surface area contributed by atoms with Gasteiger partial charge in [-0.3, -0.25) is 9.59 Å². The summed E-state index contributed by atoms with van der Waals surface area (Å²) in [4.78, 5) is 34.8. The number of hydrogen-bond donors (Lipinski definition) is 1. The molecule has 0 saturated heterocycles. The molecule has 1 radical (unpaired) electrons. The van der Waals surface area contributed by atoms with Crippen molar-refractivity contribution in [2.75, 3.05) is 13.2 Å². The van der Waals surface area contributed by atoms with E-state index in [0.717, 1.165) is 0 Å². The Morgan fingerprint density at radius 1 is 0.960 bits per heavy atom. The minimum atomic E-state index is -0.878. The number of rotatable bonds is 7.